The zero-order valence-corrected chi connectivity index (χ0v) is 12.4. The molecule has 100 valence electrons. The van der Waals surface area contributed by atoms with Crippen LogP contribution in [0.2, 0.25) is 0 Å². The molecule has 19 heavy (non-hydrogen) atoms. The predicted molar refractivity (Wildman–Crippen MR) is 77.4 cm³/mol. The zero-order valence-electron chi connectivity index (χ0n) is 10.00. The Hall–Kier alpha value is -0.910. The summed E-state index contributed by atoms with van der Waals surface area (Å²) in [6.07, 6.45) is 0.721. The van der Waals surface area contributed by atoms with Crippen LogP contribution < -0.4 is 5.73 Å². The van der Waals surface area contributed by atoms with Crippen LogP contribution >= 0.6 is 27.7 Å². The maximum atomic E-state index is 13.7. The van der Waals surface area contributed by atoms with Gasteiger partial charge in [-0.15, -0.1) is 0 Å². The third kappa shape index (κ3) is 3.78. The number of rotatable bonds is 4. The van der Waals surface area contributed by atoms with Crippen LogP contribution in [-0.4, -0.2) is 6.54 Å². The molecule has 0 spiro atoms. The van der Waals surface area contributed by atoms with Gasteiger partial charge in [0.25, 0.3) is 0 Å². The third-order valence-electron chi connectivity index (χ3n) is 2.56. The van der Waals surface area contributed by atoms with E-state index in [1.54, 1.807) is 0 Å². The summed E-state index contributed by atoms with van der Waals surface area (Å²) in [6.45, 7) is 0.529. The summed E-state index contributed by atoms with van der Waals surface area (Å²) in [5.41, 5.74) is 6.62. The van der Waals surface area contributed by atoms with Gasteiger partial charge in [-0.05, 0) is 42.8 Å². The van der Waals surface area contributed by atoms with E-state index in [4.69, 9.17) is 5.73 Å². The first-order valence-electron chi connectivity index (χ1n) is 5.71. The predicted octanol–water partition coefficient (Wildman–Crippen LogP) is 4.38. The van der Waals surface area contributed by atoms with E-state index in [-0.39, 0.29) is 0 Å². The zero-order chi connectivity index (χ0) is 13.8. The summed E-state index contributed by atoms with van der Waals surface area (Å²) < 4.78 is 27.4. The van der Waals surface area contributed by atoms with E-state index in [1.165, 1.54) is 23.9 Å². The van der Waals surface area contributed by atoms with E-state index >= 15 is 0 Å². The van der Waals surface area contributed by atoms with E-state index < -0.39 is 11.6 Å². The molecule has 0 aliphatic rings. The van der Waals surface area contributed by atoms with Gasteiger partial charge in [-0.2, -0.15) is 0 Å². The molecule has 0 atom stereocenters. The summed E-state index contributed by atoms with van der Waals surface area (Å²) in [6, 6.07) is 9.40. The molecule has 0 aliphatic carbocycles. The summed E-state index contributed by atoms with van der Waals surface area (Å²) >= 11 is 4.67. The molecular formula is C14H12BrF2NS. The van der Waals surface area contributed by atoms with Crippen molar-refractivity contribution < 1.29 is 8.78 Å². The summed E-state index contributed by atoms with van der Waals surface area (Å²) in [5.74, 6) is -1.12. The first-order valence-corrected chi connectivity index (χ1v) is 7.32. The number of halogens is 3. The Morgan fingerprint density at radius 3 is 2.53 bits per heavy atom. The Balaban J connectivity index is 2.33. The molecule has 0 aliphatic heterocycles. The number of hydrogen-bond acceptors (Lipinski definition) is 2. The van der Waals surface area contributed by atoms with Crippen molar-refractivity contribution in [3.05, 3.63) is 58.1 Å². The molecule has 2 N–H and O–H groups in total. The van der Waals surface area contributed by atoms with Crippen molar-refractivity contribution in [1.82, 2.24) is 0 Å². The lowest BCUT2D eigenvalue weighted by molar-refractivity contribution is 0.565. The molecule has 0 saturated heterocycles. The molecule has 2 aromatic rings. The molecule has 1 nitrogen and oxygen atoms in total. The molecule has 5 heteroatoms. The fraction of sp³-hybridized carbons (Fsp3) is 0.143. The lowest BCUT2D eigenvalue weighted by atomic mass is 10.1. The van der Waals surface area contributed by atoms with Gasteiger partial charge in [0.1, 0.15) is 11.6 Å². The van der Waals surface area contributed by atoms with E-state index in [0.29, 0.717) is 11.4 Å². The normalized spacial score (nSPS) is 10.7. The van der Waals surface area contributed by atoms with Crippen LogP contribution in [0.15, 0.2) is 50.7 Å². The van der Waals surface area contributed by atoms with Crippen molar-refractivity contribution in [3.8, 4) is 0 Å². The largest absolute Gasteiger partial charge is 0.330 e. The summed E-state index contributed by atoms with van der Waals surface area (Å²) in [5, 5.41) is 0. The first-order chi connectivity index (χ1) is 9.10. The Morgan fingerprint density at radius 1 is 1.05 bits per heavy atom. The molecule has 0 heterocycles. The minimum atomic E-state index is -0.571. The van der Waals surface area contributed by atoms with Gasteiger partial charge in [0.15, 0.2) is 0 Å². The fourth-order valence-corrected chi connectivity index (χ4v) is 3.19. The van der Waals surface area contributed by atoms with Crippen LogP contribution in [0.4, 0.5) is 8.78 Å². The summed E-state index contributed by atoms with van der Waals surface area (Å²) in [7, 11) is 0. The van der Waals surface area contributed by atoms with Gasteiger partial charge in [0.2, 0.25) is 0 Å². The molecule has 0 amide bonds. The van der Waals surface area contributed by atoms with Crippen LogP contribution in [0.1, 0.15) is 5.56 Å². The van der Waals surface area contributed by atoms with Crippen molar-refractivity contribution in [2.75, 3.05) is 6.54 Å². The number of nitrogens with two attached hydrogens (primary N) is 1. The fourth-order valence-electron chi connectivity index (χ4n) is 1.66. The van der Waals surface area contributed by atoms with Crippen LogP contribution in [0.5, 0.6) is 0 Å². The molecule has 0 unspecified atom stereocenters. The second-order valence-electron chi connectivity index (χ2n) is 3.97. The second kappa shape index (κ2) is 6.50. The smallest absolute Gasteiger partial charge is 0.140 e. The molecular weight excluding hydrogens is 332 g/mol. The van der Waals surface area contributed by atoms with Crippen LogP contribution in [0, 0.1) is 11.6 Å². The first kappa shape index (κ1) is 14.5. The van der Waals surface area contributed by atoms with Gasteiger partial charge >= 0.3 is 0 Å². The highest BCUT2D eigenvalue weighted by Gasteiger charge is 2.09. The second-order valence-corrected chi connectivity index (χ2v) is 5.97. The Bertz CT molecular complexity index is 590. The molecule has 0 fully saturated rings. The van der Waals surface area contributed by atoms with E-state index in [1.807, 2.05) is 18.2 Å². The van der Waals surface area contributed by atoms with Gasteiger partial charge < -0.3 is 5.73 Å². The van der Waals surface area contributed by atoms with Gasteiger partial charge in [-0.3, -0.25) is 0 Å². The van der Waals surface area contributed by atoms with E-state index in [9.17, 15) is 8.78 Å². The Kier molecular flexibility index (Phi) is 4.96. The topological polar surface area (TPSA) is 26.0 Å². The van der Waals surface area contributed by atoms with Crippen molar-refractivity contribution in [2.45, 2.75) is 16.2 Å². The molecule has 0 saturated carbocycles. The lowest BCUT2D eigenvalue weighted by Gasteiger charge is -2.09. The lowest BCUT2D eigenvalue weighted by Crippen LogP contribution is -2.03. The van der Waals surface area contributed by atoms with Crippen molar-refractivity contribution in [2.24, 2.45) is 5.73 Å². The SMILES string of the molecule is NCCc1ccc(Br)cc1Sc1ccc(F)cc1F. The highest BCUT2D eigenvalue weighted by atomic mass is 79.9. The minimum absolute atomic E-state index is 0.401. The van der Waals surface area contributed by atoms with Crippen LogP contribution in [0.3, 0.4) is 0 Å². The van der Waals surface area contributed by atoms with Gasteiger partial charge in [-0.1, -0.05) is 33.8 Å². The Morgan fingerprint density at radius 2 is 1.84 bits per heavy atom. The number of hydrogen-bond donors (Lipinski definition) is 1. The molecule has 0 bridgehead atoms. The molecule has 2 aromatic carbocycles. The maximum Gasteiger partial charge on any atom is 0.140 e. The highest BCUT2D eigenvalue weighted by Crippen LogP contribution is 2.34. The van der Waals surface area contributed by atoms with Crippen LogP contribution in [0.25, 0.3) is 0 Å². The number of benzene rings is 2. The average molecular weight is 344 g/mol. The van der Waals surface area contributed by atoms with Crippen molar-refractivity contribution >= 4 is 27.7 Å². The average Bonchev–Trinajstić information content (AvgIpc) is 2.36. The molecule has 2 rings (SSSR count). The van der Waals surface area contributed by atoms with Gasteiger partial charge in [-0.25, -0.2) is 8.78 Å². The van der Waals surface area contributed by atoms with Crippen molar-refractivity contribution in [3.63, 3.8) is 0 Å². The standard InChI is InChI=1S/C14H12BrF2NS/c15-10-2-1-9(5-6-18)14(7-10)19-13-4-3-11(16)8-12(13)17/h1-4,7-8H,5-6,18H2. The van der Waals surface area contributed by atoms with Gasteiger partial charge in [0, 0.05) is 20.3 Å². The maximum absolute atomic E-state index is 13.7. The van der Waals surface area contributed by atoms with E-state index in [2.05, 4.69) is 15.9 Å². The Labute approximate surface area is 123 Å². The summed E-state index contributed by atoms with van der Waals surface area (Å²) in [4.78, 5) is 1.32. The molecule has 0 aromatic heterocycles. The monoisotopic (exact) mass is 343 g/mol. The minimum Gasteiger partial charge on any atom is -0.330 e. The highest BCUT2D eigenvalue weighted by molar-refractivity contribution is 9.10. The molecule has 0 radical (unpaired) electrons. The van der Waals surface area contributed by atoms with Crippen LogP contribution in [-0.2, 0) is 6.42 Å². The third-order valence-corrected chi connectivity index (χ3v) is 4.20. The quantitative estimate of drug-likeness (QED) is 0.891. The van der Waals surface area contributed by atoms with Gasteiger partial charge in [0.05, 0.1) is 0 Å². The van der Waals surface area contributed by atoms with E-state index in [0.717, 1.165) is 27.4 Å². The van der Waals surface area contributed by atoms with Crippen molar-refractivity contribution in [1.29, 1.82) is 0 Å².